The van der Waals surface area contributed by atoms with E-state index >= 15 is 0 Å². The highest BCUT2D eigenvalue weighted by Crippen LogP contribution is 2.31. The fourth-order valence-corrected chi connectivity index (χ4v) is 2.20. The Balaban J connectivity index is 2.81. The molecule has 0 spiro atoms. The van der Waals surface area contributed by atoms with Gasteiger partial charge in [-0.2, -0.15) is 0 Å². The standard InChI is InChI=1S/C10H10OS/c1-7-8-4-3-5-10(11-2)9(8)6-12-7/h3-6H,1-2H3. The van der Waals surface area contributed by atoms with Crippen LogP contribution in [0.25, 0.3) is 10.8 Å². The summed E-state index contributed by atoms with van der Waals surface area (Å²) in [7, 11) is 1.71. The molecule has 0 unspecified atom stereocenters. The first kappa shape index (κ1) is 7.62. The SMILES string of the molecule is COc1cccc2c(C)scc12. The zero-order chi connectivity index (χ0) is 8.55. The van der Waals surface area contributed by atoms with Crippen LogP contribution < -0.4 is 4.74 Å². The number of thiophene rings is 1. The summed E-state index contributed by atoms with van der Waals surface area (Å²) < 4.78 is 5.25. The minimum absolute atomic E-state index is 0.969. The molecule has 0 radical (unpaired) electrons. The average Bonchev–Trinajstić information content (AvgIpc) is 2.48. The molecule has 1 heterocycles. The quantitative estimate of drug-likeness (QED) is 0.651. The molecule has 0 N–H and O–H groups in total. The summed E-state index contributed by atoms with van der Waals surface area (Å²) in [4.78, 5) is 1.35. The predicted molar refractivity (Wildman–Crippen MR) is 53.1 cm³/mol. The molecule has 0 fully saturated rings. The topological polar surface area (TPSA) is 9.23 Å². The molecule has 0 aliphatic heterocycles. The van der Waals surface area contributed by atoms with Gasteiger partial charge in [0.2, 0.25) is 0 Å². The van der Waals surface area contributed by atoms with Gasteiger partial charge in [-0.05, 0) is 18.4 Å². The molecule has 1 aromatic carbocycles. The zero-order valence-corrected chi connectivity index (χ0v) is 7.94. The first-order chi connectivity index (χ1) is 5.83. The largest absolute Gasteiger partial charge is 0.496 e. The minimum Gasteiger partial charge on any atom is -0.496 e. The Hall–Kier alpha value is -1.02. The second-order valence-electron chi connectivity index (χ2n) is 2.71. The smallest absolute Gasteiger partial charge is 0.127 e. The summed E-state index contributed by atoms with van der Waals surface area (Å²) in [5, 5.41) is 4.67. The summed E-state index contributed by atoms with van der Waals surface area (Å²) in [6, 6.07) is 6.15. The summed E-state index contributed by atoms with van der Waals surface area (Å²) in [5.74, 6) is 0.969. The first-order valence-electron chi connectivity index (χ1n) is 3.83. The maximum Gasteiger partial charge on any atom is 0.127 e. The Morgan fingerprint density at radius 2 is 2.08 bits per heavy atom. The Bertz CT molecular complexity index is 403. The van der Waals surface area contributed by atoms with Gasteiger partial charge in [0.05, 0.1) is 7.11 Å². The van der Waals surface area contributed by atoms with Crippen molar-refractivity contribution in [1.29, 1.82) is 0 Å². The van der Waals surface area contributed by atoms with Gasteiger partial charge >= 0.3 is 0 Å². The maximum absolute atomic E-state index is 5.25. The van der Waals surface area contributed by atoms with E-state index in [1.807, 2.05) is 12.1 Å². The lowest BCUT2D eigenvalue weighted by Gasteiger charge is -2.00. The van der Waals surface area contributed by atoms with Crippen molar-refractivity contribution in [3.63, 3.8) is 0 Å². The molecule has 62 valence electrons. The van der Waals surface area contributed by atoms with Gasteiger partial charge in [0.15, 0.2) is 0 Å². The summed E-state index contributed by atoms with van der Waals surface area (Å²) >= 11 is 1.77. The van der Waals surface area contributed by atoms with E-state index in [2.05, 4.69) is 18.4 Å². The minimum atomic E-state index is 0.969. The number of ether oxygens (including phenoxy) is 1. The van der Waals surface area contributed by atoms with Gasteiger partial charge in [0.1, 0.15) is 5.75 Å². The number of hydrogen-bond acceptors (Lipinski definition) is 2. The van der Waals surface area contributed by atoms with Crippen LogP contribution >= 0.6 is 11.3 Å². The second kappa shape index (κ2) is 2.79. The molecule has 0 aliphatic carbocycles. The van der Waals surface area contributed by atoms with E-state index in [1.165, 1.54) is 15.6 Å². The summed E-state index contributed by atoms with van der Waals surface area (Å²) in [6.07, 6.45) is 0. The number of rotatable bonds is 1. The fourth-order valence-electron chi connectivity index (χ4n) is 1.36. The second-order valence-corrected chi connectivity index (χ2v) is 3.80. The molecule has 12 heavy (non-hydrogen) atoms. The monoisotopic (exact) mass is 178 g/mol. The van der Waals surface area contributed by atoms with Crippen molar-refractivity contribution in [1.82, 2.24) is 0 Å². The molecule has 1 nitrogen and oxygen atoms in total. The highest BCUT2D eigenvalue weighted by Gasteiger charge is 2.03. The zero-order valence-electron chi connectivity index (χ0n) is 7.13. The van der Waals surface area contributed by atoms with E-state index in [9.17, 15) is 0 Å². The lowest BCUT2D eigenvalue weighted by Crippen LogP contribution is -1.81. The Labute approximate surface area is 75.6 Å². The Morgan fingerprint density at radius 3 is 2.83 bits per heavy atom. The lowest BCUT2D eigenvalue weighted by molar-refractivity contribution is 0.420. The molecule has 0 atom stereocenters. The average molecular weight is 178 g/mol. The van der Waals surface area contributed by atoms with Crippen molar-refractivity contribution in [2.24, 2.45) is 0 Å². The van der Waals surface area contributed by atoms with Crippen molar-refractivity contribution in [2.45, 2.75) is 6.92 Å². The highest BCUT2D eigenvalue weighted by molar-refractivity contribution is 7.11. The molecule has 2 heteroatoms. The number of fused-ring (bicyclic) bond motifs is 1. The third kappa shape index (κ3) is 0.994. The number of benzene rings is 1. The lowest BCUT2D eigenvalue weighted by atomic mass is 10.2. The van der Waals surface area contributed by atoms with Crippen LogP contribution in [0.4, 0.5) is 0 Å². The van der Waals surface area contributed by atoms with E-state index < -0.39 is 0 Å². The van der Waals surface area contributed by atoms with E-state index in [0.717, 1.165) is 5.75 Å². The van der Waals surface area contributed by atoms with Crippen molar-refractivity contribution in [3.8, 4) is 5.75 Å². The summed E-state index contributed by atoms with van der Waals surface area (Å²) in [6.45, 7) is 2.13. The van der Waals surface area contributed by atoms with Gasteiger partial charge in [-0.25, -0.2) is 0 Å². The first-order valence-corrected chi connectivity index (χ1v) is 4.71. The van der Waals surface area contributed by atoms with E-state index in [-0.39, 0.29) is 0 Å². The van der Waals surface area contributed by atoms with Gasteiger partial charge in [0.25, 0.3) is 0 Å². The Kier molecular flexibility index (Phi) is 1.77. The van der Waals surface area contributed by atoms with Crippen LogP contribution in [0.2, 0.25) is 0 Å². The molecular formula is C10H10OS. The van der Waals surface area contributed by atoms with Crippen LogP contribution in [0, 0.1) is 6.92 Å². The van der Waals surface area contributed by atoms with Crippen LogP contribution in [-0.2, 0) is 0 Å². The number of aryl methyl sites for hydroxylation is 1. The maximum atomic E-state index is 5.25. The number of hydrogen-bond donors (Lipinski definition) is 0. The van der Waals surface area contributed by atoms with Crippen LogP contribution in [0.3, 0.4) is 0 Å². The highest BCUT2D eigenvalue weighted by atomic mass is 32.1. The molecule has 2 aromatic rings. The molecule has 0 amide bonds. The van der Waals surface area contributed by atoms with Crippen molar-refractivity contribution in [2.75, 3.05) is 7.11 Å². The fraction of sp³-hybridized carbons (Fsp3) is 0.200. The molecular weight excluding hydrogens is 168 g/mol. The van der Waals surface area contributed by atoms with Crippen molar-refractivity contribution in [3.05, 3.63) is 28.5 Å². The summed E-state index contributed by atoms with van der Waals surface area (Å²) in [5.41, 5.74) is 0. The van der Waals surface area contributed by atoms with Gasteiger partial charge in [0, 0.05) is 15.6 Å². The van der Waals surface area contributed by atoms with E-state index in [4.69, 9.17) is 4.74 Å². The molecule has 0 aliphatic rings. The molecule has 0 saturated heterocycles. The van der Waals surface area contributed by atoms with Crippen LogP contribution in [-0.4, -0.2) is 7.11 Å². The van der Waals surface area contributed by atoms with E-state index in [1.54, 1.807) is 18.4 Å². The van der Waals surface area contributed by atoms with Gasteiger partial charge < -0.3 is 4.74 Å². The normalized spacial score (nSPS) is 10.5. The molecule has 0 bridgehead atoms. The van der Waals surface area contributed by atoms with Crippen molar-refractivity contribution >= 4 is 22.1 Å². The van der Waals surface area contributed by atoms with Crippen LogP contribution in [0.15, 0.2) is 23.6 Å². The van der Waals surface area contributed by atoms with Crippen LogP contribution in [0.1, 0.15) is 4.88 Å². The molecule has 2 rings (SSSR count). The third-order valence-corrected chi connectivity index (χ3v) is 2.95. The number of methoxy groups -OCH3 is 1. The van der Waals surface area contributed by atoms with Gasteiger partial charge in [-0.3, -0.25) is 0 Å². The molecule has 1 aromatic heterocycles. The van der Waals surface area contributed by atoms with Gasteiger partial charge in [-0.1, -0.05) is 12.1 Å². The van der Waals surface area contributed by atoms with Gasteiger partial charge in [-0.15, -0.1) is 11.3 Å². The predicted octanol–water partition coefficient (Wildman–Crippen LogP) is 3.22. The van der Waals surface area contributed by atoms with Crippen LogP contribution in [0.5, 0.6) is 5.75 Å². The van der Waals surface area contributed by atoms with Crippen molar-refractivity contribution < 1.29 is 4.74 Å². The van der Waals surface area contributed by atoms with E-state index in [0.29, 0.717) is 0 Å². The molecule has 0 saturated carbocycles. The Morgan fingerprint density at radius 1 is 1.25 bits per heavy atom. The third-order valence-electron chi connectivity index (χ3n) is 2.02.